The number of carbonyl (C=O) groups is 1. The molecule has 4 rings (SSSR count). The molecule has 2 atom stereocenters. The minimum absolute atomic E-state index is 0.0777. The molecule has 0 saturated carbocycles. The summed E-state index contributed by atoms with van der Waals surface area (Å²) in [5.74, 6) is -1.06. The Morgan fingerprint density at radius 3 is 2.43 bits per heavy atom. The van der Waals surface area contributed by atoms with Crippen LogP contribution in [0.2, 0.25) is 0 Å². The SMILES string of the molecule is O=C1C=C(c2ccccc2)C[C@H](c2cccc([N+](=O)[O-])c2)[C@@H]1n1cnc([N+](=O)[O-])c1. The number of non-ortho nitro benzene ring substituents is 1. The molecule has 2 aromatic carbocycles. The fourth-order valence-electron chi connectivity index (χ4n) is 3.81. The topological polar surface area (TPSA) is 121 Å². The van der Waals surface area contributed by atoms with Gasteiger partial charge < -0.3 is 10.1 Å². The van der Waals surface area contributed by atoms with E-state index in [1.807, 2.05) is 30.3 Å². The molecule has 0 spiro atoms. The quantitative estimate of drug-likeness (QED) is 0.466. The number of aromatic nitrogens is 2. The van der Waals surface area contributed by atoms with Crippen molar-refractivity contribution in [2.24, 2.45) is 0 Å². The lowest BCUT2D eigenvalue weighted by atomic mass is 9.77. The molecule has 30 heavy (non-hydrogen) atoms. The Morgan fingerprint density at radius 2 is 1.77 bits per heavy atom. The monoisotopic (exact) mass is 404 g/mol. The Balaban J connectivity index is 1.82. The van der Waals surface area contributed by atoms with Gasteiger partial charge in [0.05, 0.1) is 4.92 Å². The molecule has 0 bridgehead atoms. The first-order valence-corrected chi connectivity index (χ1v) is 9.16. The van der Waals surface area contributed by atoms with Crippen molar-refractivity contribution in [1.29, 1.82) is 0 Å². The number of benzene rings is 2. The molecule has 0 saturated heterocycles. The van der Waals surface area contributed by atoms with E-state index >= 15 is 0 Å². The molecule has 150 valence electrons. The lowest BCUT2D eigenvalue weighted by Gasteiger charge is -2.31. The van der Waals surface area contributed by atoms with E-state index in [2.05, 4.69) is 4.98 Å². The summed E-state index contributed by atoms with van der Waals surface area (Å²) in [6.45, 7) is 0. The van der Waals surface area contributed by atoms with E-state index in [0.717, 1.165) is 11.1 Å². The van der Waals surface area contributed by atoms with Crippen LogP contribution in [0.25, 0.3) is 5.57 Å². The molecule has 1 aliphatic rings. The third kappa shape index (κ3) is 3.60. The number of nitro benzene ring substituents is 1. The fraction of sp³-hybridized carbons (Fsp3) is 0.143. The first-order valence-electron chi connectivity index (χ1n) is 9.16. The van der Waals surface area contributed by atoms with Crippen molar-refractivity contribution in [2.45, 2.75) is 18.4 Å². The average Bonchev–Trinajstić information content (AvgIpc) is 3.24. The molecule has 1 aromatic heterocycles. The van der Waals surface area contributed by atoms with Crippen LogP contribution in [0.5, 0.6) is 0 Å². The summed E-state index contributed by atoms with van der Waals surface area (Å²) < 4.78 is 1.42. The smallest absolute Gasteiger partial charge is 0.358 e. The van der Waals surface area contributed by atoms with Gasteiger partial charge >= 0.3 is 5.82 Å². The van der Waals surface area contributed by atoms with E-state index in [0.29, 0.717) is 12.0 Å². The van der Waals surface area contributed by atoms with Gasteiger partial charge in [0, 0.05) is 18.1 Å². The Morgan fingerprint density at radius 1 is 1.00 bits per heavy atom. The van der Waals surface area contributed by atoms with Crippen molar-refractivity contribution in [2.75, 3.05) is 0 Å². The van der Waals surface area contributed by atoms with Crippen LogP contribution in [0.3, 0.4) is 0 Å². The Kier molecular flexibility index (Phi) is 4.93. The molecule has 0 amide bonds. The van der Waals surface area contributed by atoms with Crippen LogP contribution in [0.1, 0.15) is 29.5 Å². The highest BCUT2D eigenvalue weighted by Gasteiger charge is 2.36. The molecule has 0 aliphatic heterocycles. The van der Waals surface area contributed by atoms with E-state index in [4.69, 9.17) is 0 Å². The summed E-state index contributed by atoms with van der Waals surface area (Å²) in [7, 11) is 0. The average molecular weight is 404 g/mol. The van der Waals surface area contributed by atoms with E-state index < -0.39 is 21.8 Å². The van der Waals surface area contributed by atoms with Gasteiger partial charge in [-0.15, -0.1) is 0 Å². The van der Waals surface area contributed by atoms with Crippen molar-refractivity contribution < 1.29 is 14.6 Å². The second-order valence-electron chi connectivity index (χ2n) is 6.98. The highest BCUT2D eigenvalue weighted by Crippen LogP contribution is 2.43. The van der Waals surface area contributed by atoms with Crippen LogP contribution in [-0.4, -0.2) is 25.2 Å². The zero-order valence-electron chi connectivity index (χ0n) is 15.6. The third-order valence-electron chi connectivity index (χ3n) is 5.18. The van der Waals surface area contributed by atoms with Gasteiger partial charge in [0.25, 0.3) is 5.69 Å². The van der Waals surface area contributed by atoms with Gasteiger partial charge in [0.1, 0.15) is 12.2 Å². The number of hydrogen-bond donors (Lipinski definition) is 0. The molecular weight excluding hydrogens is 388 g/mol. The molecule has 3 aromatic rings. The largest absolute Gasteiger partial charge is 0.381 e. The van der Waals surface area contributed by atoms with Gasteiger partial charge in [-0.2, -0.15) is 0 Å². The lowest BCUT2D eigenvalue weighted by molar-refractivity contribution is -0.389. The summed E-state index contributed by atoms with van der Waals surface area (Å²) in [5, 5.41) is 22.3. The Hall–Kier alpha value is -4.14. The maximum atomic E-state index is 13.1. The Bertz CT molecular complexity index is 1170. The van der Waals surface area contributed by atoms with Gasteiger partial charge in [0.2, 0.25) is 6.33 Å². The maximum Gasteiger partial charge on any atom is 0.381 e. The van der Waals surface area contributed by atoms with Gasteiger partial charge in [-0.1, -0.05) is 42.5 Å². The lowest BCUT2D eigenvalue weighted by Crippen LogP contribution is -2.28. The van der Waals surface area contributed by atoms with E-state index in [9.17, 15) is 25.0 Å². The number of allylic oxidation sites excluding steroid dienone is 2. The number of hydrogen-bond acceptors (Lipinski definition) is 6. The number of nitro groups is 2. The summed E-state index contributed by atoms with van der Waals surface area (Å²) in [4.78, 5) is 38.1. The zero-order chi connectivity index (χ0) is 21.3. The number of ketones is 1. The molecule has 0 unspecified atom stereocenters. The molecule has 9 heteroatoms. The predicted octanol–water partition coefficient (Wildman–Crippen LogP) is 4.08. The summed E-state index contributed by atoms with van der Waals surface area (Å²) in [5.41, 5.74) is 2.23. The van der Waals surface area contributed by atoms with E-state index in [-0.39, 0.29) is 17.3 Å². The molecule has 1 aliphatic carbocycles. The highest BCUT2D eigenvalue weighted by molar-refractivity contribution is 6.02. The number of nitrogens with zero attached hydrogens (tertiary/aromatic N) is 4. The first-order chi connectivity index (χ1) is 14.4. The molecule has 0 fully saturated rings. The number of carbonyl (C=O) groups excluding carboxylic acids is 1. The van der Waals surface area contributed by atoms with Gasteiger partial charge in [-0.05, 0) is 39.1 Å². The molecule has 0 radical (unpaired) electrons. The van der Waals surface area contributed by atoms with Crippen molar-refractivity contribution in [1.82, 2.24) is 9.55 Å². The van der Waals surface area contributed by atoms with Crippen LogP contribution < -0.4 is 0 Å². The van der Waals surface area contributed by atoms with Gasteiger partial charge in [-0.3, -0.25) is 19.5 Å². The van der Waals surface area contributed by atoms with Crippen molar-refractivity contribution in [3.8, 4) is 0 Å². The van der Waals surface area contributed by atoms with E-state index in [1.54, 1.807) is 18.2 Å². The second-order valence-corrected chi connectivity index (χ2v) is 6.98. The summed E-state index contributed by atoms with van der Waals surface area (Å²) >= 11 is 0. The standard InChI is InChI=1S/C21H16N4O5/c26-19-11-16(14-5-2-1-3-6-14)10-18(15-7-4-8-17(9-15)24(27)28)21(19)23-12-20(22-13-23)25(29)30/h1-9,11-13,18,21H,10H2/t18-,21+/m1/s1. The maximum absolute atomic E-state index is 13.1. The number of imidazole rings is 1. The van der Waals surface area contributed by atoms with Crippen LogP contribution in [-0.2, 0) is 4.79 Å². The minimum atomic E-state index is -0.791. The first kappa shape index (κ1) is 19.2. The normalized spacial score (nSPS) is 18.7. The van der Waals surface area contributed by atoms with Crippen LogP contribution in [0, 0.1) is 20.2 Å². The van der Waals surface area contributed by atoms with Gasteiger partial charge in [0.15, 0.2) is 5.78 Å². The van der Waals surface area contributed by atoms with Gasteiger partial charge in [-0.25, -0.2) is 0 Å². The summed E-state index contributed by atoms with van der Waals surface area (Å²) in [6, 6.07) is 14.8. The van der Waals surface area contributed by atoms with Crippen LogP contribution in [0.15, 0.2) is 73.2 Å². The van der Waals surface area contributed by atoms with Crippen molar-refractivity contribution >= 4 is 22.9 Å². The molecule has 0 N–H and O–H groups in total. The Labute approximate surface area is 170 Å². The van der Waals surface area contributed by atoms with Crippen molar-refractivity contribution in [3.63, 3.8) is 0 Å². The second kappa shape index (κ2) is 7.70. The third-order valence-corrected chi connectivity index (χ3v) is 5.18. The highest BCUT2D eigenvalue weighted by atomic mass is 16.6. The van der Waals surface area contributed by atoms with Crippen LogP contribution in [0.4, 0.5) is 11.5 Å². The van der Waals surface area contributed by atoms with Crippen molar-refractivity contribution in [3.05, 3.63) is 105 Å². The fourth-order valence-corrected chi connectivity index (χ4v) is 3.81. The molecule has 1 heterocycles. The van der Waals surface area contributed by atoms with Crippen LogP contribution >= 0.6 is 0 Å². The molecular formula is C21H16N4O5. The zero-order valence-corrected chi connectivity index (χ0v) is 15.6. The predicted molar refractivity (Wildman–Crippen MR) is 108 cm³/mol. The minimum Gasteiger partial charge on any atom is -0.358 e. The van der Waals surface area contributed by atoms with E-state index in [1.165, 1.54) is 29.2 Å². The molecule has 9 nitrogen and oxygen atoms in total. The summed E-state index contributed by atoms with van der Waals surface area (Å²) in [6.07, 6.45) is 4.45. The number of rotatable bonds is 5.